The van der Waals surface area contributed by atoms with E-state index >= 15 is 0 Å². The van der Waals surface area contributed by atoms with Crippen molar-refractivity contribution in [1.82, 2.24) is 20.0 Å². The van der Waals surface area contributed by atoms with Gasteiger partial charge in [0.05, 0.1) is 13.2 Å². The fourth-order valence-electron chi connectivity index (χ4n) is 3.84. The second-order valence-corrected chi connectivity index (χ2v) is 7.10. The van der Waals surface area contributed by atoms with E-state index in [2.05, 4.69) is 29.2 Å². The molecular formula is C21H29FN4O2. The van der Waals surface area contributed by atoms with E-state index in [1.54, 1.807) is 30.5 Å². The van der Waals surface area contributed by atoms with Gasteiger partial charge in [0.1, 0.15) is 11.5 Å². The zero-order valence-corrected chi connectivity index (χ0v) is 16.6. The number of hydrogen-bond donors (Lipinski definition) is 1. The van der Waals surface area contributed by atoms with Gasteiger partial charge < -0.3 is 10.1 Å². The van der Waals surface area contributed by atoms with Crippen LogP contribution in [0.25, 0.3) is 5.69 Å². The van der Waals surface area contributed by atoms with Crippen LogP contribution in [0.5, 0.6) is 0 Å². The van der Waals surface area contributed by atoms with Gasteiger partial charge in [-0.1, -0.05) is 38.8 Å². The van der Waals surface area contributed by atoms with Crippen LogP contribution in [0.3, 0.4) is 0 Å². The molecule has 1 saturated heterocycles. The summed E-state index contributed by atoms with van der Waals surface area (Å²) in [6, 6.07) is 8.26. The highest BCUT2D eigenvalue weighted by atomic mass is 19.1. The Bertz CT molecular complexity index is 769. The highest BCUT2D eigenvalue weighted by Gasteiger charge is 2.27. The van der Waals surface area contributed by atoms with Crippen LogP contribution in [0.4, 0.5) is 4.39 Å². The third kappa shape index (κ3) is 4.77. The summed E-state index contributed by atoms with van der Waals surface area (Å²) in [7, 11) is 0. The van der Waals surface area contributed by atoms with Crippen LogP contribution >= 0.6 is 0 Å². The highest BCUT2D eigenvalue weighted by Crippen LogP contribution is 2.20. The lowest BCUT2D eigenvalue weighted by molar-refractivity contribution is 0.00190. The molecule has 0 spiro atoms. The maximum atomic E-state index is 13.9. The van der Waals surface area contributed by atoms with Gasteiger partial charge in [0.2, 0.25) is 0 Å². The minimum Gasteiger partial charge on any atom is -0.379 e. The molecule has 0 radical (unpaired) electrons. The van der Waals surface area contributed by atoms with Gasteiger partial charge in [-0.05, 0) is 24.1 Å². The zero-order chi connectivity index (χ0) is 19.9. The fraction of sp³-hybridized carbons (Fsp3) is 0.524. The number of carbonyl (C=O) groups excluding carboxylic acids is 1. The molecule has 152 valence electrons. The van der Waals surface area contributed by atoms with E-state index in [1.807, 2.05) is 0 Å². The average molecular weight is 388 g/mol. The van der Waals surface area contributed by atoms with Crippen molar-refractivity contribution in [2.45, 2.75) is 32.7 Å². The molecule has 2 aromatic rings. The van der Waals surface area contributed by atoms with Gasteiger partial charge in [0.15, 0.2) is 5.69 Å². The number of morpholine rings is 1. The number of nitrogens with zero attached hydrogens (tertiary/aromatic N) is 3. The van der Waals surface area contributed by atoms with E-state index in [0.29, 0.717) is 18.2 Å². The summed E-state index contributed by atoms with van der Waals surface area (Å²) in [6.45, 7) is 8.20. The maximum Gasteiger partial charge on any atom is 0.271 e. The van der Waals surface area contributed by atoms with Crippen molar-refractivity contribution in [3.63, 3.8) is 0 Å². The summed E-state index contributed by atoms with van der Waals surface area (Å²) >= 11 is 0. The number of para-hydroxylation sites is 1. The average Bonchev–Trinajstić information content (AvgIpc) is 3.22. The molecule has 3 rings (SSSR count). The van der Waals surface area contributed by atoms with Gasteiger partial charge in [-0.3, -0.25) is 9.69 Å². The molecular weight excluding hydrogens is 359 g/mol. The van der Waals surface area contributed by atoms with E-state index in [-0.39, 0.29) is 23.5 Å². The number of benzene rings is 1. The van der Waals surface area contributed by atoms with Crippen molar-refractivity contribution >= 4 is 5.91 Å². The topological polar surface area (TPSA) is 59.4 Å². The van der Waals surface area contributed by atoms with Gasteiger partial charge in [0, 0.05) is 31.9 Å². The lowest BCUT2D eigenvalue weighted by Gasteiger charge is -2.38. The van der Waals surface area contributed by atoms with Gasteiger partial charge in [-0.15, -0.1) is 0 Å². The number of hydrogen-bond acceptors (Lipinski definition) is 4. The molecule has 1 amide bonds. The molecule has 0 saturated carbocycles. The summed E-state index contributed by atoms with van der Waals surface area (Å²) in [5.41, 5.74) is 0.610. The summed E-state index contributed by atoms with van der Waals surface area (Å²) in [4.78, 5) is 15.1. The standard InChI is InChI=1S/C21H29FN4O2/c1-3-16(4-2)20(25-11-13-28-14-12-25)15-23-21(27)18-9-10-26(24-18)19-8-6-5-7-17(19)22/h5-10,16,20H,3-4,11-15H2,1-2H3,(H,23,27). The Kier molecular flexibility index (Phi) is 7.17. The fourth-order valence-corrected chi connectivity index (χ4v) is 3.84. The number of rotatable bonds is 8. The third-order valence-corrected chi connectivity index (χ3v) is 5.50. The van der Waals surface area contributed by atoms with Gasteiger partial charge in [-0.25, -0.2) is 9.07 Å². The molecule has 1 aliphatic heterocycles. The predicted molar refractivity (Wildman–Crippen MR) is 106 cm³/mol. The largest absolute Gasteiger partial charge is 0.379 e. The van der Waals surface area contributed by atoms with Gasteiger partial charge in [-0.2, -0.15) is 5.10 Å². The van der Waals surface area contributed by atoms with Crippen molar-refractivity contribution in [3.8, 4) is 5.69 Å². The molecule has 1 aliphatic rings. The number of carbonyl (C=O) groups is 1. The van der Waals surface area contributed by atoms with E-state index in [4.69, 9.17) is 4.74 Å². The van der Waals surface area contributed by atoms with Crippen LogP contribution < -0.4 is 5.32 Å². The number of nitrogens with one attached hydrogen (secondary N) is 1. The van der Waals surface area contributed by atoms with Crippen LogP contribution in [0.15, 0.2) is 36.5 Å². The highest BCUT2D eigenvalue weighted by molar-refractivity contribution is 5.92. The Morgan fingerprint density at radius 2 is 1.93 bits per heavy atom. The van der Waals surface area contributed by atoms with Crippen LogP contribution in [0, 0.1) is 11.7 Å². The van der Waals surface area contributed by atoms with Crippen LogP contribution in [-0.4, -0.2) is 59.5 Å². The molecule has 6 nitrogen and oxygen atoms in total. The summed E-state index contributed by atoms with van der Waals surface area (Å²) in [5, 5.41) is 7.28. The van der Waals surface area contributed by atoms with Gasteiger partial charge in [0.25, 0.3) is 5.91 Å². The normalized spacial score (nSPS) is 16.3. The van der Waals surface area contributed by atoms with Crippen molar-refractivity contribution in [2.24, 2.45) is 5.92 Å². The van der Waals surface area contributed by atoms with Crippen molar-refractivity contribution < 1.29 is 13.9 Å². The molecule has 1 aromatic carbocycles. The first-order valence-corrected chi connectivity index (χ1v) is 10.0. The van der Waals surface area contributed by atoms with Crippen molar-refractivity contribution in [1.29, 1.82) is 0 Å². The monoisotopic (exact) mass is 388 g/mol. The first-order chi connectivity index (χ1) is 13.6. The molecule has 7 heteroatoms. The number of halogens is 1. The molecule has 1 N–H and O–H groups in total. The SMILES string of the molecule is CCC(CC)C(CNC(=O)c1ccn(-c2ccccc2F)n1)N1CCOCC1. The van der Waals surface area contributed by atoms with Crippen molar-refractivity contribution in [3.05, 3.63) is 48.0 Å². The second-order valence-electron chi connectivity index (χ2n) is 7.10. The Hall–Kier alpha value is -2.25. The first kappa shape index (κ1) is 20.5. The first-order valence-electron chi connectivity index (χ1n) is 10.0. The summed E-state index contributed by atoms with van der Waals surface area (Å²) in [6.07, 6.45) is 3.74. The zero-order valence-electron chi connectivity index (χ0n) is 16.6. The summed E-state index contributed by atoms with van der Waals surface area (Å²) in [5.74, 6) is -0.104. The second kappa shape index (κ2) is 9.80. The third-order valence-electron chi connectivity index (χ3n) is 5.50. The molecule has 1 unspecified atom stereocenters. The Labute approximate surface area is 165 Å². The maximum absolute atomic E-state index is 13.9. The summed E-state index contributed by atoms with van der Waals surface area (Å²) < 4.78 is 20.8. The number of amides is 1. The minimum absolute atomic E-state index is 0.237. The number of aromatic nitrogens is 2. The lowest BCUT2D eigenvalue weighted by atomic mass is 9.92. The predicted octanol–water partition coefficient (Wildman–Crippen LogP) is 2.88. The van der Waals surface area contributed by atoms with E-state index in [0.717, 1.165) is 39.1 Å². The van der Waals surface area contributed by atoms with Crippen LogP contribution in [-0.2, 0) is 4.74 Å². The van der Waals surface area contributed by atoms with Crippen LogP contribution in [0.2, 0.25) is 0 Å². The quantitative estimate of drug-likeness (QED) is 0.756. The van der Waals surface area contributed by atoms with Crippen LogP contribution in [0.1, 0.15) is 37.2 Å². The molecule has 1 aromatic heterocycles. The van der Waals surface area contributed by atoms with E-state index < -0.39 is 0 Å². The number of ether oxygens (including phenoxy) is 1. The molecule has 0 bridgehead atoms. The Morgan fingerprint density at radius 3 is 2.61 bits per heavy atom. The Balaban J connectivity index is 1.66. The van der Waals surface area contributed by atoms with E-state index in [9.17, 15) is 9.18 Å². The van der Waals surface area contributed by atoms with Crippen molar-refractivity contribution in [2.75, 3.05) is 32.8 Å². The molecule has 28 heavy (non-hydrogen) atoms. The minimum atomic E-state index is -0.376. The van der Waals surface area contributed by atoms with E-state index in [1.165, 1.54) is 10.7 Å². The smallest absolute Gasteiger partial charge is 0.271 e. The molecule has 1 fully saturated rings. The molecule has 2 heterocycles. The lowest BCUT2D eigenvalue weighted by Crippen LogP contribution is -2.52. The molecule has 1 atom stereocenters. The van der Waals surface area contributed by atoms with Gasteiger partial charge >= 0.3 is 0 Å². The Morgan fingerprint density at radius 1 is 1.21 bits per heavy atom. The molecule has 0 aliphatic carbocycles.